The largest absolute Gasteiger partial charge is 0.383 e. The molecule has 0 spiro atoms. The first-order valence-electron chi connectivity index (χ1n) is 6.71. The maximum absolute atomic E-state index is 5.25. The number of aryl methyl sites for hydroxylation is 1. The van der Waals surface area contributed by atoms with Gasteiger partial charge in [0.2, 0.25) is 0 Å². The van der Waals surface area contributed by atoms with Gasteiger partial charge in [-0.1, -0.05) is 19.1 Å². The van der Waals surface area contributed by atoms with Gasteiger partial charge in [0, 0.05) is 18.8 Å². The number of rotatable bonds is 5. The molecular weight excluding hydrogens is 210 g/mol. The summed E-state index contributed by atoms with van der Waals surface area (Å²) < 4.78 is 5.25. The summed E-state index contributed by atoms with van der Waals surface area (Å²) in [6.45, 7) is 2.98. The minimum atomic E-state index is 0.424. The molecule has 0 fully saturated rings. The zero-order valence-electron chi connectivity index (χ0n) is 11.0. The molecule has 17 heavy (non-hydrogen) atoms. The highest BCUT2D eigenvalue weighted by Gasteiger charge is 2.14. The lowest BCUT2D eigenvalue weighted by atomic mass is 9.90. The Hall–Kier alpha value is -1.02. The first-order valence-corrected chi connectivity index (χ1v) is 6.71. The third kappa shape index (κ3) is 3.01. The van der Waals surface area contributed by atoms with Crippen LogP contribution in [-0.2, 0) is 17.6 Å². The molecule has 0 radical (unpaired) electrons. The van der Waals surface area contributed by atoms with Gasteiger partial charge in [0.25, 0.3) is 0 Å². The Morgan fingerprint density at radius 1 is 1.29 bits per heavy atom. The van der Waals surface area contributed by atoms with Crippen LogP contribution < -0.4 is 5.32 Å². The van der Waals surface area contributed by atoms with Crippen molar-refractivity contribution in [1.29, 1.82) is 0 Å². The van der Waals surface area contributed by atoms with Crippen molar-refractivity contribution in [1.82, 2.24) is 0 Å². The number of hydrogen-bond acceptors (Lipinski definition) is 2. The Morgan fingerprint density at radius 2 is 2.12 bits per heavy atom. The van der Waals surface area contributed by atoms with E-state index in [0.717, 1.165) is 13.0 Å². The molecule has 2 heteroatoms. The lowest BCUT2D eigenvalue weighted by molar-refractivity contribution is 0.184. The quantitative estimate of drug-likeness (QED) is 0.841. The van der Waals surface area contributed by atoms with Crippen molar-refractivity contribution in [2.24, 2.45) is 0 Å². The van der Waals surface area contributed by atoms with Gasteiger partial charge in [-0.25, -0.2) is 0 Å². The predicted molar refractivity (Wildman–Crippen MR) is 72.7 cm³/mol. The number of methoxy groups -OCH3 is 1. The number of benzene rings is 1. The molecule has 2 rings (SSSR count). The van der Waals surface area contributed by atoms with Crippen LogP contribution in [0.5, 0.6) is 0 Å². The van der Waals surface area contributed by atoms with Crippen molar-refractivity contribution < 1.29 is 4.74 Å². The molecule has 1 N–H and O–H groups in total. The van der Waals surface area contributed by atoms with Crippen LogP contribution in [0.2, 0.25) is 0 Å². The number of nitrogens with one attached hydrogen (secondary N) is 1. The molecule has 0 aliphatic heterocycles. The van der Waals surface area contributed by atoms with Gasteiger partial charge in [0.15, 0.2) is 0 Å². The Balaban J connectivity index is 2.14. The smallest absolute Gasteiger partial charge is 0.0663 e. The van der Waals surface area contributed by atoms with E-state index in [2.05, 4.69) is 30.4 Å². The van der Waals surface area contributed by atoms with Crippen LogP contribution in [0.1, 0.15) is 37.3 Å². The second kappa shape index (κ2) is 6.06. The van der Waals surface area contributed by atoms with Crippen molar-refractivity contribution in [3.63, 3.8) is 0 Å². The minimum Gasteiger partial charge on any atom is -0.383 e. The van der Waals surface area contributed by atoms with Crippen LogP contribution in [0, 0.1) is 0 Å². The zero-order valence-corrected chi connectivity index (χ0v) is 11.0. The Morgan fingerprint density at radius 3 is 2.88 bits per heavy atom. The Kier molecular flexibility index (Phi) is 4.43. The van der Waals surface area contributed by atoms with E-state index in [4.69, 9.17) is 4.74 Å². The van der Waals surface area contributed by atoms with Gasteiger partial charge in [-0.3, -0.25) is 0 Å². The van der Waals surface area contributed by atoms with Crippen LogP contribution in [-0.4, -0.2) is 19.8 Å². The van der Waals surface area contributed by atoms with Gasteiger partial charge in [-0.2, -0.15) is 0 Å². The molecule has 0 amide bonds. The van der Waals surface area contributed by atoms with Crippen LogP contribution in [0.4, 0.5) is 5.69 Å². The fourth-order valence-corrected chi connectivity index (χ4v) is 2.60. The van der Waals surface area contributed by atoms with Crippen LogP contribution >= 0.6 is 0 Å². The van der Waals surface area contributed by atoms with E-state index in [1.54, 1.807) is 7.11 Å². The second-order valence-corrected chi connectivity index (χ2v) is 4.86. The van der Waals surface area contributed by atoms with Crippen LogP contribution in [0.3, 0.4) is 0 Å². The highest BCUT2D eigenvalue weighted by molar-refractivity contribution is 5.56. The molecule has 1 aliphatic carbocycles. The number of hydrogen-bond donors (Lipinski definition) is 1. The van der Waals surface area contributed by atoms with E-state index >= 15 is 0 Å². The van der Waals surface area contributed by atoms with E-state index in [9.17, 15) is 0 Å². The van der Waals surface area contributed by atoms with Gasteiger partial charge in [0.05, 0.1) is 6.61 Å². The van der Waals surface area contributed by atoms with Gasteiger partial charge in [0.1, 0.15) is 0 Å². The average Bonchev–Trinajstić information content (AvgIpc) is 2.38. The highest BCUT2D eigenvalue weighted by atomic mass is 16.5. The van der Waals surface area contributed by atoms with Crippen LogP contribution in [0.25, 0.3) is 0 Å². The first-order chi connectivity index (χ1) is 8.35. The van der Waals surface area contributed by atoms with Crippen molar-refractivity contribution >= 4 is 5.69 Å². The third-order valence-corrected chi connectivity index (χ3v) is 3.62. The van der Waals surface area contributed by atoms with Gasteiger partial charge in [-0.05, 0) is 49.3 Å². The summed E-state index contributed by atoms with van der Waals surface area (Å²) in [5, 5.41) is 3.63. The third-order valence-electron chi connectivity index (χ3n) is 3.62. The maximum Gasteiger partial charge on any atom is 0.0663 e. The molecular formula is C15H23NO. The van der Waals surface area contributed by atoms with Gasteiger partial charge in [-0.15, -0.1) is 0 Å². The number of ether oxygens (including phenoxy) is 1. The molecule has 2 nitrogen and oxygen atoms in total. The molecule has 0 aromatic heterocycles. The second-order valence-electron chi connectivity index (χ2n) is 4.86. The first kappa shape index (κ1) is 12.4. The summed E-state index contributed by atoms with van der Waals surface area (Å²) in [6.07, 6.45) is 6.23. The summed E-state index contributed by atoms with van der Waals surface area (Å²) in [7, 11) is 1.77. The van der Waals surface area contributed by atoms with E-state index in [1.807, 2.05) is 0 Å². The maximum atomic E-state index is 5.25. The van der Waals surface area contributed by atoms with Crippen molar-refractivity contribution in [3.05, 3.63) is 29.3 Å². The fraction of sp³-hybridized carbons (Fsp3) is 0.600. The Labute approximate surface area is 104 Å². The summed E-state index contributed by atoms with van der Waals surface area (Å²) in [4.78, 5) is 0. The summed E-state index contributed by atoms with van der Waals surface area (Å²) in [6, 6.07) is 7.08. The lowest BCUT2D eigenvalue weighted by Crippen LogP contribution is -2.25. The van der Waals surface area contributed by atoms with E-state index in [-0.39, 0.29) is 0 Å². The normalized spacial score (nSPS) is 16.4. The molecule has 1 unspecified atom stereocenters. The van der Waals surface area contributed by atoms with Gasteiger partial charge < -0.3 is 10.1 Å². The number of anilines is 1. The molecule has 1 atom stereocenters. The SMILES string of the molecule is CCC(COC)Nc1cccc2c1CCCC2. The minimum absolute atomic E-state index is 0.424. The highest BCUT2D eigenvalue weighted by Crippen LogP contribution is 2.28. The zero-order chi connectivity index (χ0) is 12.1. The average molecular weight is 233 g/mol. The summed E-state index contributed by atoms with van der Waals surface area (Å²) in [5.41, 5.74) is 4.40. The van der Waals surface area contributed by atoms with E-state index < -0.39 is 0 Å². The predicted octanol–water partition coefficient (Wildman–Crippen LogP) is 3.40. The molecule has 0 heterocycles. The van der Waals surface area contributed by atoms with E-state index in [1.165, 1.54) is 42.5 Å². The summed E-state index contributed by atoms with van der Waals surface area (Å²) >= 11 is 0. The fourth-order valence-electron chi connectivity index (χ4n) is 2.60. The molecule has 1 aromatic carbocycles. The number of fused-ring (bicyclic) bond motifs is 1. The molecule has 0 bridgehead atoms. The molecule has 0 saturated heterocycles. The topological polar surface area (TPSA) is 21.3 Å². The molecule has 1 aliphatic rings. The van der Waals surface area contributed by atoms with Gasteiger partial charge >= 0.3 is 0 Å². The standard InChI is InChI=1S/C15H23NO/c1-3-13(11-17-2)16-15-10-6-8-12-7-4-5-9-14(12)15/h6,8,10,13,16H,3-5,7,9,11H2,1-2H3. The van der Waals surface area contributed by atoms with Crippen molar-refractivity contribution in [3.8, 4) is 0 Å². The summed E-state index contributed by atoms with van der Waals surface area (Å²) in [5.74, 6) is 0. The van der Waals surface area contributed by atoms with Crippen molar-refractivity contribution in [2.75, 3.05) is 19.0 Å². The van der Waals surface area contributed by atoms with Crippen LogP contribution in [0.15, 0.2) is 18.2 Å². The lowest BCUT2D eigenvalue weighted by Gasteiger charge is -2.24. The molecule has 0 saturated carbocycles. The monoisotopic (exact) mass is 233 g/mol. The molecule has 1 aromatic rings. The van der Waals surface area contributed by atoms with E-state index in [0.29, 0.717) is 6.04 Å². The Bertz CT molecular complexity index is 362. The van der Waals surface area contributed by atoms with Crippen molar-refractivity contribution in [2.45, 2.75) is 45.1 Å². The molecule has 94 valence electrons.